The predicted molar refractivity (Wildman–Crippen MR) is 111 cm³/mol. The van der Waals surface area contributed by atoms with E-state index in [0.717, 1.165) is 21.7 Å². The van der Waals surface area contributed by atoms with Gasteiger partial charge in [0.15, 0.2) is 6.54 Å². The van der Waals surface area contributed by atoms with Crippen LogP contribution in [0.15, 0.2) is 24.3 Å². The first-order valence-electron chi connectivity index (χ1n) is 10.0. The van der Waals surface area contributed by atoms with Gasteiger partial charge in [0.05, 0.1) is 31.7 Å². The van der Waals surface area contributed by atoms with E-state index < -0.39 is 0 Å². The maximum atomic E-state index is 13.2. The van der Waals surface area contributed by atoms with Gasteiger partial charge in [-0.25, -0.2) is 4.39 Å². The van der Waals surface area contributed by atoms with Crippen LogP contribution in [0.25, 0.3) is 0 Å². The van der Waals surface area contributed by atoms with Gasteiger partial charge in [-0.1, -0.05) is 12.1 Å². The lowest BCUT2D eigenvalue weighted by molar-refractivity contribution is -0.895. The molecule has 0 radical (unpaired) electrons. The number of piperazine rings is 1. The van der Waals surface area contributed by atoms with Gasteiger partial charge in [0.2, 0.25) is 5.91 Å². The molecule has 2 amide bonds. The van der Waals surface area contributed by atoms with Crippen molar-refractivity contribution in [2.24, 2.45) is 0 Å². The molecule has 2 N–H and O–H groups in total. The number of carbonyl (C=O) groups excluding carboxylic acids is 2. The summed E-state index contributed by atoms with van der Waals surface area (Å²) >= 11 is 0. The Kier molecular flexibility index (Phi) is 6.53. The first-order chi connectivity index (χ1) is 14.3. The Morgan fingerprint density at radius 3 is 2.40 bits per heavy atom. The van der Waals surface area contributed by atoms with Crippen LogP contribution in [0.5, 0.6) is 0 Å². The maximum absolute atomic E-state index is 13.2. The highest BCUT2D eigenvalue weighted by molar-refractivity contribution is 5.92. The molecule has 1 aromatic carbocycles. The highest BCUT2D eigenvalue weighted by atomic mass is 19.1. The fourth-order valence-corrected chi connectivity index (χ4v) is 3.82. The zero-order valence-electron chi connectivity index (χ0n) is 17.6. The zero-order valence-corrected chi connectivity index (χ0v) is 17.6. The number of benzene rings is 1. The third-order valence-electron chi connectivity index (χ3n) is 5.78. The summed E-state index contributed by atoms with van der Waals surface area (Å²) in [7, 11) is 0. The number of hydrogen-bond donors (Lipinski definition) is 2. The SMILES string of the molecule is CC(=O)N1CC[NH+](CC(=O)Nc2c(C#N)c(C)c(C)n2Cc2ccc(F)cc2)CC1. The second kappa shape index (κ2) is 9.09. The molecular weight excluding hydrogens is 385 g/mol. The number of amides is 2. The van der Waals surface area contributed by atoms with Crippen molar-refractivity contribution in [2.45, 2.75) is 27.3 Å². The minimum Gasteiger partial charge on any atom is -0.332 e. The molecule has 158 valence electrons. The van der Waals surface area contributed by atoms with Crippen molar-refractivity contribution in [1.82, 2.24) is 9.47 Å². The first kappa shape index (κ1) is 21.5. The van der Waals surface area contributed by atoms with Crippen molar-refractivity contribution in [3.05, 3.63) is 52.5 Å². The van der Waals surface area contributed by atoms with Crippen LogP contribution >= 0.6 is 0 Å². The topological polar surface area (TPSA) is 82.6 Å². The molecule has 0 bridgehead atoms. The van der Waals surface area contributed by atoms with Crippen LogP contribution in [0.2, 0.25) is 0 Å². The minimum absolute atomic E-state index is 0.0572. The molecule has 7 nitrogen and oxygen atoms in total. The molecule has 1 aromatic heterocycles. The van der Waals surface area contributed by atoms with E-state index in [-0.39, 0.29) is 24.2 Å². The van der Waals surface area contributed by atoms with E-state index >= 15 is 0 Å². The molecule has 0 aliphatic carbocycles. The molecule has 30 heavy (non-hydrogen) atoms. The molecule has 1 fully saturated rings. The Morgan fingerprint density at radius 2 is 1.83 bits per heavy atom. The lowest BCUT2D eigenvalue weighted by Gasteiger charge is -2.31. The molecule has 0 spiro atoms. The Hall–Kier alpha value is -3.18. The number of nitrogens with zero attached hydrogens (tertiary/aromatic N) is 3. The van der Waals surface area contributed by atoms with Crippen molar-refractivity contribution in [3.8, 4) is 6.07 Å². The number of aromatic nitrogens is 1. The second-order valence-electron chi connectivity index (χ2n) is 7.74. The second-order valence-corrected chi connectivity index (χ2v) is 7.74. The van der Waals surface area contributed by atoms with Crippen molar-refractivity contribution >= 4 is 17.6 Å². The average molecular weight is 412 g/mol. The van der Waals surface area contributed by atoms with E-state index in [1.807, 2.05) is 18.4 Å². The lowest BCUT2D eigenvalue weighted by atomic mass is 10.2. The molecule has 2 aromatic rings. The van der Waals surface area contributed by atoms with Gasteiger partial charge in [-0.15, -0.1) is 0 Å². The summed E-state index contributed by atoms with van der Waals surface area (Å²) in [5, 5.41) is 12.6. The summed E-state index contributed by atoms with van der Waals surface area (Å²) in [6, 6.07) is 8.39. The van der Waals surface area contributed by atoms with E-state index in [1.54, 1.807) is 24.0 Å². The number of nitriles is 1. The summed E-state index contributed by atoms with van der Waals surface area (Å²) < 4.78 is 15.1. The molecule has 1 aliphatic rings. The van der Waals surface area contributed by atoms with Gasteiger partial charge in [0, 0.05) is 19.2 Å². The minimum atomic E-state index is -0.307. The summed E-state index contributed by atoms with van der Waals surface area (Å²) in [5.41, 5.74) is 3.02. The number of anilines is 1. The van der Waals surface area contributed by atoms with Crippen molar-refractivity contribution in [3.63, 3.8) is 0 Å². The number of quaternary nitrogens is 1. The van der Waals surface area contributed by atoms with Crippen LogP contribution in [-0.4, -0.2) is 54.0 Å². The molecule has 1 aliphatic heterocycles. The van der Waals surface area contributed by atoms with Gasteiger partial charge < -0.3 is 19.7 Å². The average Bonchev–Trinajstić information content (AvgIpc) is 2.93. The third kappa shape index (κ3) is 4.69. The van der Waals surface area contributed by atoms with Gasteiger partial charge in [-0.2, -0.15) is 5.26 Å². The number of carbonyl (C=O) groups is 2. The largest absolute Gasteiger partial charge is 0.332 e. The Labute approximate surface area is 175 Å². The fourth-order valence-electron chi connectivity index (χ4n) is 3.82. The van der Waals surface area contributed by atoms with Gasteiger partial charge in [-0.3, -0.25) is 9.59 Å². The predicted octanol–water partition coefficient (Wildman–Crippen LogP) is 0.850. The Morgan fingerprint density at radius 1 is 1.20 bits per heavy atom. The van der Waals surface area contributed by atoms with Crippen LogP contribution in [0.4, 0.5) is 10.2 Å². The number of hydrogen-bond acceptors (Lipinski definition) is 3. The number of nitrogens with one attached hydrogen (secondary N) is 2. The fraction of sp³-hybridized carbons (Fsp3) is 0.409. The summed E-state index contributed by atoms with van der Waals surface area (Å²) in [6.45, 7) is 8.73. The molecule has 2 heterocycles. The van der Waals surface area contributed by atoms with Crippen LogP contribution in [0.1, 0.15) is 29.3 Å². The van der Waals surface area contributed by atoms with Gasteiger partial charge in [0.25, 0.3) is 5.91 Å². The summed E-state index contributed by atoms with van der Waals surface area (Å²) in [6.07, 6.45) is 0. The maximum Gasteiger partial charge on any atom is 0.280 e. The lowest BCUT2D eigenvalue weighted by Crippen LogP contribution is -3.15. The molecule has 0 unspecified atom stereocenters. The normalized spacial score (nSPS) is 14.4. The molecular formula is C22H27FN5O2+. The first-order valence-corrected chi connectivity index (χ1v) is 10.0. The summed E-state index contributed by atoms with van der Waals surface area (Å²) in [4.78, 5) is 27.1. The van der Waals surface area contributed by atoms with Crippen molar-refractivity contribution in [1.29, 1.82) is 5.26 Å². The van der Waals surface area contributed by atoms with E-state index in [1.165, 1.54) is 12.1 Å². The van der Waals surface area contributed by atoms with E-state index in [0.29, 0.717) is 44.1 Å². The molecule has 3 rings (SSSR count). The quantitative estimate of drug-likeness (QED) is 0.764. The Balaban J connectivity index is 1.75. The molecule has 8 heteroatoms. The zero-order chi connectivity index (χ0) is 21.8. The van der Waals surface area contributed by atoms with Crippen LogP contribution in [0.3, 0.4) is 0 Å². The van der Waals surface area contributed by atoms with Crippen LogP contribution in [-0.2, 0) is 16.1 Å². The highest BCUT2D eigenvalue weighted by Gasteiger charge is 2.25. The standard InChI is InChI=1S/C22H26FN5O2/c1-15-16(2)28(13-18-4-6-19(23)7-5-18)22(20(15)12-24)25-21(30)14-26-8-10-27(11-9-26)17(3)29/h4-7H,8-11,13-14H2,1-3H3,(H,25,30)/p+1. The number of halogens is 1. The van der Waals surface area contributed by atoms with Gasteiger partial charge >= 0.3 is 0 Å². The van der Waals surface area contributed by atoms with E-state index in [4.69, 9.17) is 0 Å². The smallest absolute Gasteiger partial charge is 0.280 e. The third-order valence-corrected chi connectivity index (χ3v) is 5.78. The van der Waals surface area contributed by atoms with Crippen LogP contribution < -0.4 is 10.2 Å². The molecule has 1 saturated heterocycles. The number of rotatable bonds is 5. The monoisotopic (exact) mass is 412 g/mol. The van der Waals surface area contributed by atoms with Crippen molar-refractivity contribution < 1.29 is 18.9 Å². The van der Waals surface area contributed by atoms with Gasteiger partial charge in [0.1, 0.15) is 17.7 Å². The highest BCUT2D eigenvalue weighted by Crippen LogP contribution is 2.27. The summed E-state index contributed by atoms with van der Waals surface area (Å²) in [5.74, 6) is 0.0548. The van der Waals surface area contributed by atoms with Gasteiger partial charge in [-0.05, 0) is 37.1 Å². The van der Waals surface area contributed by atoms with Crippen molar-refractivity contribution in [2.75, 3.05) is 38.0 Å². The van der Waals surface area contributed by atoms with E-state index in [9.17, 15) is 19.2 Å². The Bertz CT molecular complexity index is 982. The molecule has 0 atom stereocenters. The van der Waals surface area contributed by atoms with Crippen LogP contribution in [0, 0.1) is 31.0 Å². The molecule has 0 saturated carbocycles. The van der Waals surface area contributed by atoms with E-state index in [2.05, 4.69) is 11.4 Å².